The van der Waals surface area contributed by atoms with Gasteiger partial charge in [-0.25, -0.2) is 13.1 Å². The van der Waals surface area contributed by atoms with E-state index in [0.717, 1.165) is 16.7 Å². The first kappa shape index (κ1) is 17.1. The van der Waals surface area contributed by atoms with Gasteiger partial charge in [-0.15, -0.1) is 0 Å². The molecule has 1 atom stereocenters. The van der Waals surface area contributed by atoms with Crippen LogP contribution in [0.5, 0.6) is 0 Å². The zero-order chi connectivity index (χ0) is 15.5. The standard InChI is InChI=1S/C14H25N3O2S/c1-10-6-11(2)14(7-13(10)8-15)20(18,19)16-9-12(3)17(4)5/h6-7,12,16H,8-9,15H2,1-5H3. The number of nitrogens with zero attached hydrogens (tertiary/aromatic N) is 1. The Balaban J connectivity index is 3.04. The molecule has 1 rings (SSSR count). The van der Waals surface area contributed by atoms with Crippen LogP contribution in [0.15, 0.2) is 17.0 Å². The van der Waals surface area contributed by atoms with Gasteiger partial charge in [0.15, 0.2) is 0 Å². The molecule has 1 unspecified atom stereocenters. The molecular weight excluding hydrogens is 274 g/mol. The Labute approximate surface area is 122 Å². The van der Waals surface area contributed by atoms with Gasteiger partial charge >= 0.3 is 0 Å². The predicted octanol–water partition coefficient (Wildman–Crippen LogP) is 0.991. The van der Waals surface area contributed by atoms with Crippen molar-refractivity contribution in [1.29, 1.82) is 0 Å². The molecule has 0 aliphatic rings. The Morgan fingerprint density at radius 3 is 2.35 bits per heavy atom. The summed E-state index contributed by atoms with van der Waals surface area (Å²) in [5.74, 6) is 0. The zero-order valence-corrected chi connectivity index (χ0v) is 13.7. The molecule has 114 valence electrons. The molecule has 20 heavy (non-hydrogen) atoms. The van der Waals surface area contributed by atoms with E-state index in [1.54, 1.807) is 13.0 Å². The maximum absolute atomic E-state index is 12.4. The normalized spacial score (nSPS) is 13.8. The van der Waals surface area contributed by atoms with Gasteiger partial charge in [0, 0.05) is 19.1 Å². The lowest BCUT2D eigenvalue weighted by Crippen LogP contribution is -2.38. The second kappa shape index (κ2) is 6.67. The number of benzene rings is 1. The molecule has 0 spiro atoms. The van der Waals surface area contributed by atoms with Gasteiger partial charge in [-0.1, -0.05) is 6.07 Å². The number of sulfonamides is 1. The summed E-state index contributed by atoms with van der Waals surface area (Å²) < 4.78 is 27.4. The number of nitrogens with two attached hydrogens (primary N) is 1. The van der Waals surface area contributed by atoms with Gasteiger partial charge in [0.1, 0.15) is 0 Å². The molecule has 3 N–H and O–H groups in total. The van der Waals surface area contributed by atoms with Crippen LogP contribution in [0.4, 0.5) is 0 Å². The second-order valence-corrected chi connectivity index (χ2v) is 7.15. The lowest BCUT2D eigenvalue weighted by atomic mass is 10.1. The summed E-state index contributed by atoms with van der Waals surface area (Å²) in [6.07, 6.45) is 0. The van der Waals surface area contributed by atoms with Crippen molar-refractivity contribution in [3.63, 3.8) is 0 Å². The third kappa shape index (κ3) is 4.02. The number of hydrogen-bond acceptors (Lipinski definition) is 4. The largest absolute Gasteiger partial charge is 0.326 e. The number of rotatable bonds is 6. The number of likely N-dealkylation sites (N-methyl/N-ethyl adjacent to an activating group) is 1. The summed E-state index contributed by atoms with van der Waals surface area (Å²) >= 11 is 0. The third-order valence-electron chi connectivity index (χ3n) is 3.59. The monoisotopic (exact) mass is 299 g/mol. The third-order valence-corrected chi connectivity index (χ3v) is 5.16. The first-order valence-electron chi connectivity index (χ1n) is 6.65. The average Bonchev–Trinajstić information content (AvgIpc) is 2.35. The smallest absolute Gasteiger partial charge is 0.240 e. The van der Waals surface area contributed by atoms with Crippen LogP contribution < -0.4 is 10.5 Å². The Hall–Kier alpha value is -0.950. The van der Waals surface area contributed by atoms with E-state index in [4.69, 9.17) is 5.73 Å². The van der Waals surface area contributed by atoms with Crippen LogP contribution in [0, 0.1) is 13.8 Å². The average molecular weight is 299 g/mol. The number of nitrogens with one attached hydrogen (secondary N) is 1. The van der Waals surface area contributed by atoms with E-state index in [9.17, 15) is 8.42 Å². The summed E-state index contributed by atoms with van der Waals surface area (Å²) in [6, 6.07) is 3.67. The van der Waals surface area contributed by atoms with E-state index in [-0.39, 0.29) is 6.04 Å². The fraction of sp³-hybridized carbons (Fsp3) is 0.571. The molecule has 5 nitrogen and oxygen atoms in total. The molecule has 0 amide bonds. The lowest BCUT2D eigenvalue weighted by Gasteiger charge is -2.20. The summed E-state index contributed by atoms with van der Waals surface area (Å²) in [4.78, 5) is 2.28. The van der Waals surface area contributed by atoms with Gasteiger partial charge in [0.05, 0.1) is 4.90 Å². The minimum absolute atomic E-state index is 0.129. The van der Waals surface area contributed by atoms with E-state index in [1.165, 1.54) is 0 Å². The Morgan fingerprint density at radius 1 is 1.25 bits per heavy atom. The molecule has 0 radical (unpaired) electrons. The van der Waals surface area contributed by atoms with Crippen LogP contribution in [0.3, 0.4) is 0 Å². The molecule has 0 heterocycles. The van der Waals surface area contributed by atoms with Gasteiger partial charge in [0.25, 0.3) is 0 Å². The minimum Gasteiger partial charge on any atom is -0.326 e. The fourth-order valence-electron chi connectivity index (χ4n) is 1.87. The van der Waals surface area contributed by atoms with Crippen LogP contribution in [-0.4, -0.2) is 40.0 Å². The van der Waals surface area contributed by atoms with E-state index >= 15 is 0 Å². The van der Waals surface area contributed by atoms with Crippen LogP contribution in [0.25, 0.3) is 0 Å². The van der Waals surface area contributed by atoms with Crippen molar-refractivity contribution in [1.82, 2.24) is 9.62 Å². The molecule has 6 heteroatoms. The molecule has 0 saturated heterocycles. The molecule has 1 aromatic carbocycles. The number of aryl methyl sites for hydroxylation is 2. The highest BCUT2D eigenvalue weighted by molar-refractivity contribution is 7.89. The van der Waals surface area contributed by atoms with Crippen LogP contribution >= 0.6 is 0 Å². The van der Waals surface area contributed by atoms with Crippen molar-refractivity contribution in [2.75, 3.05) is 20.6 Å². The van der Waals surface area contributed by atoms with Gasteiger partial charge in [0.2, 0.25) is 10.0 Å². The molecule has 1 aromatic rings. The zero-order valence-electron chi connectivity index (χ0n) is 12.9. The van der Waals surface area contributed by atoms with Gasteiger partial charge in [-0.2, -0.15) is 0 Å². The molecule has 0 bridgehead atoms. The fourth-order valence-corrected chi connectivity index (χ4v) is 3.27. The second-order valence-electron chi connectivity index (χ2n) is 5.41. The highest BCUT2D eigenvalue weighted by atomic mass is 32.2. The number of hydrogen-bond donors (Lipinski definition) is 2. The van der Waals surface area contributed by atoms with Crippen LogP contribution in [0.2, 0.25) is 0 Å². The van der Waals surface area contributed by atoms with Crippen molar-refractivity contribution in [3.05, 3.63) is 28.8 Å². The highest BCUT2D eigenvalue weighted by Gasteiger charge is 2.19. The van der Waals surface area contributed by atoms with E-state index in [0.29, 0.717) is 18.0 Å². The molecule has 0 saturated carbocycles. The predicted molar refractivity (Wildman–Crippen MR) is 82.1 cm³/mol. The first-order valence-corrected chi connectivity index (χ1v) is 8.13. The lowest BCUT2D eigenvalue weighted by molar-refractivity contribution is 0.314. The Bertz CT molecular complexity index is 568. The maximum atomic E-state index is 12.4. The Kier molecular flexibility index (Phi) is 5.70. The van der Waals surface area contributed by atoms with Crippen LogP contribution in [0.1, 0.15) is 23.6 Å². The van der Waals surface area contributed by atoms with Crippen molar-refractivity contribution >= 4 is 10.0 Å². The Morgan fingerprint density at radius 2 is 1.85 bits per heavy atom. The summed E-state index contributed by atoms with van der Waals surface area (Å²) in [7, 11) is 0.337. The molecule has 0 aliphatic carbocycles. The molecule has 0 aliphatic heterocycles. The van der Waals surface area contributed by atoms with E-state index < -0.39 is 10.0 Å². The summed E-state index contributed by atoms with van der Waals surface area (Å²) in [6.45, 7) is 6.42. The van der Waals surface area contributed by atoms with Gasteiger partial charge < -0.3 is 10.6 Å². The quantitative estimate of drug-likeness (QED) is 0.821. The van der Waals surface area contributed by atoms with E-state index in [2.05, 4.69) is 4.72 Å². The maximum Gasteiger partial charge on any atom is 0.240 e. The van der Waals surface area contributed by atoms with Crippen molar-refractivity contribution in [2.45, 2.75) is 38.3 Å². The van der Waals surface area contributed by atoms with Gasteiger partial charge in [-0.05, 0) is 57.6 Å². The molecule has 0 aromatic heterocycles. The van der Waals surface area contributed by atoms with Crippen molar-refractivity contribution in [3.8, 4) is 0 Å². The molecule has 0 fully saturated rings. The first-order chi connectivity index (χ1) is 9.19. The highest BCUT2D eigenvalue weighted by Crippen LogP contribution is 2.20. The molecular formula is C14H25N3O2S. The van der Waals surface area contributed by atoms with Crippen LogP contribution in [-0.2, 0) is 16.6 Å². The van der Waals surface area contributed by atoms with Gasteiger partial charge in [-0.3, -0.25) is 0 Å². The van der Waals surface area contributed by atoms with Crippen molar-refractivity contribution < 1.29 is 8.42 Å². The minimum atomic E-state index is -3.50. The van der Waals surface area contributed by atoms with Crippen molar-refractivity contribution in [2.24, 2.45) is 5.73 Å². The van der Waals surface area contributed by atoms with E-state index in [1.807, 2.05) is 38.9 Å². The SMILES string of the molecule is Cc1cc(C)c(S(=O)(=O)NCC(C)N(C)C)cc1CN. The summed E-state index contributed by atoms with van der Waals surface area (Å²) in [5.41, 5.74) is 8.27. The topological polar surface area (TPSA) is 75.4 Å². The summed E-state index contributed by atoms with van der Waals surface area (Å²) in [5, 5.41) is 0.